The number of rotatable bonds is 3. The number of oxazole rings is 1. The van der Waals surface area contributed by atoms with Crippen molar-refractivity contribution >= 4 is 44.5 Å². The first-order chi connectivity index (χ1) is 9.20. The van der Waals surface area contributed by atoms with Crippen molar-refractivity contribution in [3.63, 3.8) is 0 Å². The molecule has 4 nitrogen and oxygen atoms in total. The first-order valence-electron chi connectivity index (χ1n) is 5.60. The molecule has 2 aromatic heterocycles. The molecule has 0 saturated carbocycles. The first kappa shape index (κ1) is 12.5. The third-order valence-corrected chi connectivity index (χ3v) is 3.85. The summed E-state index contributed by atoms with van der Waals surface area (Å²) in [4.78, 5) is 8.69. The van der Waals surface area contributed by atoms with Crippen LogP contribution in [0.15, 0.2) is 50.6 Å². The van der Waals surface area contributed by atoms with Crippen LogP contribution in [0.5, 0.6) is 0 Å². The quantitative estimate of drug-likeness (QED) is 0.581. The van der Waals surface area contributed by atoms with E-state index in [9.17, 15) is 0 Å². The van der Waals surface area contributed by atoms with E-state index in [1.807, 2.05) is 18.2 Å². The van der Waals surface area contributed by atoms with E-state index in [0.29, 0.717) is 10.9 Å². The Kier molecular flexibility index (Phi) is 3.44. The van der Waals surface area contributed by atoms with Crippen molar-refractivity contribution in [2.24, 2.45) is 0 Å². The van der Waals surface area contributed by atoms with Crippen LogP contribution >= 0.6 is 27.7 Å². The Morgan fingerprint density at radius 3 is 2.95 bits per heavy atom. The second-order valence-electron chi connectivity index (χ2n) is 3.96. The van der Waals surface area contributed by atoms with Gasteiger partial charge in [0.2, 0.25) is 0 Å². The minimum absolute atomic E-state index is 0.630. The van der Waals surface area contributed by atoms with Crippen LogP contribution in [-0.4, -0.2) is 9.97 Å². The molecule has 0 aliphatic rings. The van der Waals surface area contributed by atoms with Gasteiger partial charge >= 0.3 is 0 Å². The fourth-order valence-corrected chi connectivity index (χ4v) is 2.60. The Morgan fingerprint density at radius 2 is 2.16 bits per heavy atom. The summed E-state index contributed by atoms with van der Waals surface area (Å²) in [6, 6.07) is 9.38. The van der Waals surface area contributed by atoms with Gasteiger partial charge in [0.25, 0.3) is 5.22 Å². The number of fused-ring (bicyclic) bond motifs is 1. The molecule has 3 aromatic rings. The molecule has 0 aliphatic heterocycles. The minimum atomic E-state index is 0.630. The summed E-state index contributed by atoms with van der Waals surface area (Å²) in [5.74, 6) is 0.718. The maximum absolute atomic E-state index is 5.71. The number of benzene rings is 1. The van der Waals surface area contributed by atoms with Gasteiger partial charge in [-0.2, -0.15) is 0 Å². The normalized spacial score (nSPS) is 11.0. The van der Waals surface area contributed by atoms with E-state index in [-0.39, 0.29) is 0 Å². The number of nitrogen functional groups attached to an aromatic ring is 1. The van der Waals surface area contributed by atoms with E-state index in [1.54, 1.807) is 18.3 Å². The van der Waals surface area contributed by atoms with Gasteiger partial charge in [-0.25, -0.2) is 4.98 Å². The number of aromatic nitrogens is 2. The molecule has 96 valence electrons. The van der Waals surface area contributed by atoms with Crippen LogP contribution in [0.2, 0.25) is 0 Å². The Morgan fingerprint density at radius 1 is 1.26 bits per heavy atom. The van der Waals surface area contributed by atoms with Crippen molar-refractivity contribution in [2.75, 3.05) is 5.73 Å². The van der Waals surface area contributed by atoms with E-state index in [1.165, 1.54) is 11.8 Å². The van der Waals surface area contributed by atoms with Gasteiger partial charge in [0.05, 0.1) is 5.69 Å². The molecule has 0 saturated heterocycles. The average molecular weight is 336 g/mol. The molecule has 0 unspecified atom stereocenters. The standard InChI is InChI=1S/C13H10BrN3OS/c14-8-1-3-10(16-6-8)7-19-13-17-11-5-9(15)2-4-12(11)18-13/h1-6H,7,15H2. The van der Waals surface area contributed by atoms with E-state index < -0.39 is 0 Å². The highest BCUT2D eigenvalue weighted by atomic mass is 79.9. The lowest BCUT2D eigenvalue weighted by Crippen LogP contribution is -1.85. The fraction of sp³-hybridized carbons (Fsp3) is 0.0769. The topological polar surface area (TPSA) is 64.9 Å². The van der Waals surface area contributed by atoms with E-state index in [2.05, 4.69) is 25.9 Å². The van der Waals surface area contributed by atoms with Crippen LogP contribution in [0.4, 0.5) is 5.69 Å². The number of thioether (sulfide) groups is 1. The zero-order chi connectivity index (χ0) is 13.2. The van der Waals surface area contributed by atoms with Crippen LogP contribution in [0.3, 0.4) is 0 Å². The molecule has 0 radical (unpaired) electrons. The Labute approximate surface area is 122 Å². The lowest BCUT2D eigenvalue weighted by molar-refractivity contribution is 0.489. The van der Waals surface area contributed by atoms with Gasteiger partial charge in [0.1, 0.15) is 5.52 Å². The van der Waals surface area contributed by atoms with Gasteiger partial charge in [-0.3, -0.25) is 4.98 Å². The summed E-state index contributed by atoms with van der Waals surface area (Å²) in [6.45, 7) is 0. The van der Waals surface area contributed by atoms with Crippen molar-refractivity contribution in [1.29, 1.82) is 0 Å². The van der Waals surface area contributed by atoms with Crippen molar-refractivity contribution in [1.82, 2.24) is 9.97 Å². The third kappa shape index (κ3) is 2.90. The minimum Gasteiger partial charge on any atom is -0.431 e. The largest absolute Gasteiger partial charge is 0.431 e. The maximum Gasteiger partial charge on any atom is 0.257 e. The smallest absolute Gasteiger partial charge is 0.257 e. The molecule has 0 atom stereocenters. The monoisotopic (exact) mass is 335 g/mol. The highest BCUT2D eigenvalue weighted by Gasteiger charge is 2.07. The van der Waals surface area contributed by atoms with E-state index in [0.717, 1.165) is 27.0 Å². The first-order valence-corrected chi connectivity index (χ1v) is 7.38. The van der Waals surface area contributed by atoms with Gasteiger partial charge in [-0.15, -0.1) is 0 Å². The summed E-state index contributed by atoms with van der Waals surface area (Å²) in [5, 5.41) is 0.630. The summed E-state index contributed by atoms with van der Waals surface area (Å²) in [5.41, 5.74) is 8.91. The van der Waals surface area contributed by atoms with Crippen LogP contribution in [0, 0.1) is 0 Å². The molecule has 2 heterocycles. The number of hydrogen-bond acceptors (Lipinski definition) is 5. The van der Waals surface area contributed by atoms with Crippen LogP contribution in [0.1, 0.15) is 5.69 Å². The van der Waals surface area contributed by atoms with E-state index in [4.69, 9.17) is 10.2 Å². The Hall–Kier alpha value is -1.53. The summed E-state index contributed by atoms with van der Waals surface area (Å²) in [7, 11) is 0. The predicted octanol–water partition coefficient (Wildman–Crippen LogP) is 3.86. The zero-order valence-electron chi connectivity index (χ0n) is 9.84. The Balaban J connectivity index is 1.76. The second kappa shape index (κ2) is 5.22. The predicted molar refractivity (Wildman–Crippen MR) is 79.9 cm³/mol. The van der Waals surface area contributed by atoms with Crippen LogP contribution in [0.25, 0.3) is 11.1 Å². The molecular weight excluding hydrogens is 326 g/mol. The fourth-order valence-electron chi connectivity index (χ4n) is 1.61. The van der Waals surface area contributed by atoms with Crippen molar-refractivity contribution in [3.05, 3.63) is 46.7 Å². The lowest BCUT2D eigenvalue weighted by Gasteiger charge is -1.97. The summed E-state index contributed by atoms with van der Waals surface area (Å²) in [6.07, 6.45) is 1.78. The van der Waals surface area contributed by atoms with Crippen molar-refractivity contribution in [3.8, 4) is 0 Å². The number of halogens is 1. The van der Waals surface area contributed by atoms with Crippen LogP contribution < -0.4 is 5.73 Å². The zero-order valence-corrected chi connectivity index (χ0v) is 12.2. The van der Waals surface area contributed by atoms with Gasteiger partial charge in [0, 0.05) is 22.1 Å². The van der Waals surface area contributed by atoms with Crippen molar-refractivity contribution < 1.29 is 4.42 Å². The SMILES string of the molecule is Nc1ccc2oc(SCc3ccc(Br)cn3)nc2c1. The average Bonchev–Trinajstić information content (AvgIpc) is 2.80. The third-order valence-electron chi connectivity index (χ3n) is 2.52. The van der Waals surface area contributed by atoms with Gasteiger partial charge in [0.15, 0.2) is 5.58 Å². The van der Waals surface area contributed by atoms with Gasteiger partial charge < -0.3 is 10.2 Å². The molecule has 2 N–H and O–H groups in total. The lowest BCUT2D eigenvalue weighted by atomic mass is 10.3. The number of pyridine rings is 1. The molecule has 6 heteroatoms. The summed E-state index contributed by atoms with van der Waals surface area (Å²) < 4.78 is 6.60. The number of nitrogens with zero attached hydrogens (tertiary/aromatic N) is 2. The van der Waals surface area contributed by atoms with Crippen LogP contribution in [-0.2, 0) is 5.75 Å². The molecule has 3 rings (SSSR count). The maximum atomic E-state index is 5.71. The molecule has 19 heavy (non-hydrogen) atoms. The molecule has 0 aliphatic carbocycles. The molecule has 1 aromatic carbocycles. The molecule has 0 amide bonds. The molecule has 0 bridgehead atoms. The number of hydrogen-bond donors (Lipinski definition) is 1. The summed E-state index contributed by atoms with van der Waals surface area (Å²) >= 11 is 4.87. The number of anilines is 1. The van der Waals surface area contributed by atoms with E-state index >= 15 is 0 Å². The second-order valence-corrected chi connectivity index (χ2v) is 5.81. The molecular formula is C13H10BrN3OS. The van der Waals surface area contributed by atoms with Gasteiger partial charge in [-0.1, -0.05) is 11.8 Å². The Bertz CT molecular complexity index is 711. The highest BCUT2D eigenvalue weighted by molar-refractivity contribution is 9.10. The molecule has 0 fully saturated rings. The number of nitrogens with two attached hydrogens (primary N) is 1. The molecule has 0 spiro atoms. The van der Waals surface area contributed by atoms with Crippen molar-refractivity contribution in [2.45, 2.75) is 11.0 Å². The van der Waals surface area contributed by atoms with Gasteiger partial charge in [-0.05, 0) is 46.3 Å². The highest BCUT2D eigenvalue weighted by Crippen LogP contribution is 2.26.